The average molecular weight is 339 g/mol. The minimum absolute atomic E-state index is 0.191. The Morgan fingerprint density at radius 1 is 1.52 bits per heavy atom. The predicted octanol–water partition coefficient (Wildman–Crippen LogP) is 3.87. The minimum Gasteiger partial charge on any atom is -0.466 e. The number of ether oxygens (including phenoxy) is 3. The number of rotatable bonds is 9. The van der Waals surface area contributed by atoms with Crippen LogP contribution in [0.2, 0.25) is 5.02 Å². The quantitative estimate of drug-likeness (QED) is 0.389. The summed E-state index contributed by atoms with van der Waals surface area (Å²) < 4.78 is 16.1. The van der Waals surface area contributed by atoms with Gasteiger partial charge in [-0.3, -0.25) is 4.79 Å². The zero-order valence-corrected chi connectivity index (χ0v) is 14.3. The van der Waals surface area contributed by atoms with E-state index in [0.717, 1.165) is 17.7 Å². The predicted molar refractivity (Wildman–Crippen MR) is 89.7 cm³/mol. The highest BCUT2D eigenvalue weighted by molar-refractivity contribution is 6.30. The summed E-state index contributed by atoms with van der Waals surface area (Å²) in [5.41, 5.74) is 2.03. The first-order chi connectivity index (χ1) is 11.1. The molecule has 1 heterocycles. The first-order valence-corrected chi connectivity index (χ1v) is 8.31. The third kappa shape index (κ3) is 5.98. The number of esters is 1. The third-order valence-electron chi connectivity index (χ3n) is 3.55. The van der Waals surface area contributed by atoms with Crippen molar-refractivity contribution in [2.75, 3.05) is 19.8 Å². The number of carbonyl (C=O) groups excluding carboxylic acids is 1. The van der Waals surface area contributed by atoms with Crippen LogP contribution in [-0.2, 0) is 25.4 Å². The molecule has 0 spiro atoms. The largest absolute Gasteiger partial charge is 0.466 e. The van der Waals surface area contributed by atoms with Gasteiger partial charge in [0.05, 0.1) is 19.8 Å². The lowest BCUT2D eigenvalue weighted by atomic mass is 9.98. The summed E-state index contributed by atoms with van der Waals surface area (Å²) in [7, 11) is 0. The maximum atomic E-state index is 11.6. The van der Waals surface area contributed by atoms with Crippen LogP contribution in [0.15, 0.2) is 30.4 Å². The molecule has 1 unspecified atom stereocenters. The number of aryl methyl sites for hydroxylation is 1. The minimum atomic E-state index is -0.194. The van der Waals surface area contributed by atoms with Gasteiger partial charge in [0.25, 0.3) is 0 Å². The Kier molecular flexibility index (Phi) is 7.09. The Morgan fingerprint density at radius 2 is 2.30 bits per heavy atom. The van der Waals surface area contributed by atoms with Crippen molar-refractivity contribution in [3.8, 4) is 0 Å². The van der Waals surface area contributed by atoms with Gasteiger partial charge in [0, 0.05) is 11.4 Å². The number of allylic oxidation sites excluding steroid dienone is 1. The summed E-state index contributed by atoms with van der Waals surface area (Å²) in [6, 6.07) is 5.69. The van der Waals surface area contributed by atoms with Crippen LogP contribution in [0.1, 0.15) is 37.5 Å². The second-order valence-corrected chi connectivity index (χ2v) is 5.82. The normalized spacial score (nSPS) is 18.1. The van der Waals surface area contributed by atoms with E-state index in [2.05, 4.69) is 0 Å². The number of halogens is 1. The van der Waals surface area contributed by atoms with Crippen molar-refractivity contribution in [1.29, 1.82) is 0 Å². The Labute approximate surface area is 142 Å². The highest BCUT2D eigenvalue weighted by Gasteiger charge is 2.25. The number of carbonyl (C=O) groups is 1. The van der Waals surface area contributed by atoms with E-state index in [0.29, 0.717) is 31.1 Å². The monoisotopic (exact) mass is 338 g/mol. The Bertz CT molecular complexity index is 552. The molecule has 1 aliphatic rings. The molecule has 126 valence electrons. The SMILES string of the molecule is C/C=C/[C@@H](OCC1CO1)c1cc(Cl)ccc1CCC(=O)OCC. The lowest BCUT2D eigenvalue weighted by Gasteiger charge is -2.18. The number of hydrogen-bond donors (Lipinski definition) is 0. The molecule has 0 aliphatic carbocycles. The zero-order chi connectivity index (χ0) is 16.7. The summed E-state index contributed by atoms with van der Waals surface area (Å²) in [4.78, 5) is 11.6. The molecule has 0 radical (unpaired) electrons. The molecule has 4 nitrogen and oxygen atoms in total. The molecule has 1 fully saturated rings. The van der Waals surface area contributed by atoms with Crippen molar-refractivity contribution in [3.05, 3.63) is 46.5 Å². The van der Waals surface area contributed by atoms with Gasteiger partial charge in [-0.15, -0.1) is 0 Å². The van der Waals surface area contributed by atoms with Crippen molar-refractivity contribution < 1.29 is 19.0 Å². The molecule has 1 aliphatic heterocycles. The summed E-state index contributed by atoms with van der Waals surface area (Å²) >= 11 is 6.15. The molecule has 1 aromatic rings. The van der Waals surface area contributed by atoms with Crippen LogP contribution in [0.4, 0.5) is 0 Å². The van der Waals surface area contributed by atoms with Gasteiger partial charge in [0.2, 0.25) is 0 Å². The number of benzene rings is 1. The summed E-state index contributed by atoms with van der Waals surface area (Å²) in [6.07, 6.45) is 4.89. The van der Waals surface area contributed by atoms with Gasteiger partial charge in [-0.1, -0.05) is 29.8 Å². The van der Waals surface area contributed by atoms with Crippen molar-refractivity contribution in [2.45, 2.75) is 38.9 Å². The van der Waals surface area contributed by atoms with E-state index in [-0.39, 0.29) is 18.2 Å². The maximum absolute atomic E-state index is 11.6. The molecule has 1 saturated heterocycles. The highest BCUT2D eigenvalue weighted by Crippen LogP contribution is 2.28. The topological polar surface area (TPSA) is 48.1 Å². The van der Waals surface area contributed by atoms with E-state index >= 15 is 0 Å². The Hall–Kier alpha value is -1.36. The van der Waals surface area contributed by atoms with Crippen molar-refractivity contribution in [1.82, 2.24) is 0 Å². The van der Waals surface area contributed by atoms with E-state index in [1.165, 1.54) is 0 Å². The van der Waals surface area contributed by atoms with Crippen LogP contribution in [0.5, 0.6) is 0 Å². The Balaban J connectivity index is 2.11. The van der Waals surface area contributed by atoms with E-state index < -0.39 is 0 Å². The van der Waals surface area contributed by atoms with Crippen LogP contribution in [0.3, 0.4) is 0 Å². The molecule has 2 atom stereocenters. The molecule has 0 amide bonds. The van der Waals surface area contributed by atoms with Gasteiger partial charge < -0.3 is 14.2 Å². The fourth-order valence-electron chi connectivity index (χ4n) is 2.33. The van der Waals surface area contributed by atoms with Crippen LogP contribution in [0.25, 0.3) is 0 Å². The standard InChI is InChI=1S/C18H23ClO4/c1-3-5-17(23-12-15-11-22-15)16-10-14(19)8-6-13(16)7-9-18(20)21-4-2/h3,5-6,8,10,15,17H,4,7,9,11-12H2,1-2H3/b5-3+/t15?,17-/m1/s1. The molecule has 0 N–H and O–H groups in total. The van der Waals surface area contributed by atoms with Crippen molar-refractivity contribution in [2.24, 2.45) is 0 Å². The van der Waals surface area contributed by atoms with Crippen LogP contribution in [0, 0.1) is 0 Å². The Morgan fingerprint density at radius 3 is 2.96 bits per heavy atom. The molecular weight excluding hydrogens is 316 g/mol. The number of epoxide rings is 1. The smallest absolute Gasteiger partial charge is 0.306 e. The van der Waals surface area contributed by atoms with E-state index in [1.807, 2.05) is 44.2 Å². The molecule has 5 heteroatoms. The molecule has 0 saturated carbocycles. The molecule has 1 aromatic carbocycles. The van der Waals surface area contributed by atoms with E-state index in [1.54, 1.807) is 0 Å². The lowest BCUT2D eigenvalue weighted by molar-refractivity contribution is -0.143. The summed E-state index contributed by atoms with van der Waals surface area (Å²) in [5, 5.41) is 0.653. The van der Waals surface area contributed by atoms with Gasteiger partial charge in [-0.25, -0.2) is 0 Å². The average Bonchev–Trinajstić information content (AvgIpc) is 3.35. The van der Waals surface area contributed by atoms with E-state index in [4.69, 9.17) is 25.8 Å². The number of hydrogen-bond acceptors (Lipinski definition) is 4. The van der Waals surface area contributed by atoms with Crippen molar-refractivity contribution >= 4 is 17.6 Å². The molecule has 0 bridgehead atoms. The van der Waals surface area contributed by atoms with Gasteiger partial charge in [0.15, 0.2) is 0 Å². The van der Waals surface area contributed by atoms with Crippen molar-refractivity contribution in [3.63, 3.8) is 0 Å². The first-order valence-electron chi connectivity index (χ1n) is 7.94. The van der Waals surface area contributed by atoms with Gasteiger partial charge >= 0.3 is 5.97 Å². The first kappa shape index (κ1) is 18.0. The van der Waals surface area contributed by atoms with E-state index in [9.17, 15) is 4.79 Å². The van der Waals surface area contributed by atoms with Crippen LogP contribution >= 0.6 is 11.6 Å². The second kappa shape index (κ2) is 9.06. The van der Waals surface area contributed by atoms with Gasteiger partial charge in [-0.2, -0.15) is 0 Å². The molecule has 23 heavy (non-hydrogen) atoms. The molecular formula is C18H23ClO4. The zero-order valence-electron chi connectivity index (χ0n) is 13.6. The van der Waals surface area contributed by atoms with Crippen LogP contribution < -0.4 is 0 Å². The highest BCUT2D eigenvalue weighted by atomic mass is 35.5. The summed E-state index contributed by atoms with van der Waals surface area (Å²) in [5.74, 6) is -0.191. The fourth-order valence-corrected chi connectivity index (χ4v) is 2.51. The summed E-state index contributed by atoms with van der Waals surface area (Å²) in [6.45, 7) is 5.47. The molecule has 2 rings (SSSR count). The fraction of sp³-hybridized carbons (Fsp3) is 0.500. The lowest BCUT2D eigenvalue weighted by Crippen LogP contribution is -2.11. The van der Waals surface area contributed by atoms with Gasteiger partial charge in [0.1, 0.15) is 12.2 Å². The molecule has 0 aromatic heterocycles. The third-order valence-corrected chi connectivity index (χ3v) is 3.78. The second-order valence-electron chi connectivity index (χ2n) is 5.38. The maximum Gasteiger partial charge on any atom is 0.306 e. The van der Waals surface area contributed by atoms with Gasteiger partial charge in [-0.05, 0) is 43.5 Å². The van der Waals surface area contributed by atoms with Crippen LogP contribution in [-0.4, -0.2) is 31.9 Å².